The molecule has 0 saturated carbocycles. The highest BCUT2D eigenvalue weighted by molar-refractivity contribution is 5.71. The van der Waals surface area contributed by atoms with Crippen LogP contribution in [0.2, 0.25) is 0 Å². The maximum absolute atomic E-state index is 10.5. The summed E-state index contributed by atoms with van der Waals surface area (Å²) in [4.78, 5) is 15.0. The second-order valence-corrected chi connectivity index (χ2v) is 9.53. The van der Waals surface area contributed by atoms with Gasteiger partial charge in [0.05, 0.1) is 23.7 Å². The van der Waals surface area contributed by atoms with Crippen molar-refractivity contribution in [2.75, 3.05) is 11.9 Å². The topological polar surface area (TPSA) is 100.0 Å². The SMILES string of the molecule is CN(c1cnc(-c2ccc(-c3cnccn3)cc2O)nn1)C1CC(C)(C)NC(C)(C)C1. The first-order chi connectivity index (χ1) is 14.6. The number of hydrogen-bond acceptors (Lipinski definition) is 8. The van der Waals surface area contributed by atoms with Crippen LogP contribution in [0.15, 0.2) is 43.0 Å². The fourth-order valence-electron chi connectivity index (χ4n) is 4.61. The van der Waals surface area contributed by atoms with E-state index < -0.39 is 0 Å². The maximum atomic E-state index is 10.5. The Bertz CT molecular complexity index is 1040. The van der Waals surface area contributed by atoms with E-state index in [1.165, 1.54) is 0 Å². The standard InChI is InChI=1S/C23H29N7O/c1-22(2)11-16(12-23(3,4)29-22)30(5)20-14-26-21(28-27-20)17-7-6-15(10-19(17)31)18-13-24-8-9-25-18/h6-10,13-14,16,29,31H,11-12H2,1-5H3. The Morgan fingerprint density at radius 1 is 1.00 bits per heavy atom. The molecule has 2 aromatic heterocycles. The van der Waals surface area contributed by atoms with E-state index in [4.69, 9.17) is 0 Å². The lowest BCUT2D eigenvalue weighted by atomic mass is 9.79. The van der Waals surface area contributed by atoms with Gasteiger partial charge in [0, 0.05) is 42.1 Å². The van der Waals surface area contributed by atoms with E-state index in [1.807, 2.05) is 13.1 Å². The molecule has 0 aliphatic carbocycles. The molecule has 2 N–H and O–H groups in total. The van der Waals surface area contributed by atoms with Crippen molar-refractivity contribution in [2.24, 2.45) is 0 Å². The van der Waals surface area contributed by atoms with Crippen molar-refractivity contribution in [3.05, 3.63) is 43.0 Å². The Balaban J connectivity index is 1.54. The molecule has 8 nitrogen and oxygen atoms in total. The number of nitrogens with zero attached hydrogens (tertiary/aromatic N) is 6. The molecule has 1 aromatic carbocycles. The van der Waals surface area contributed by atoms with Gasteiger partial charge in [-0.25, -0.2) is 4.98 Å². The third kappa shape index (κ3) is 4.64. The van der Waals surface area contributed by atoms with E-state index in [0.717, 1.165) is 24.2 Å². The van der Waals surface area contributed by atoms with Gasteiger partial charge in [-0.05, 0) is 52.7 Å². The van der Waals surface area contributed by atoms with Gasteiger partial charge in [-0.15, -0.1) is 10.2 Å². The first kappa shape index (κ1) is 21.1. The Kier molecular flexibility index (Phi) is 5.35. The number of nitrogens with one attached hydrogen (secondary N) is 1. The van der Waals surface area contributed by atoms with E-state index >= 15 is 0 Å². The van der Waals surface area contributed by atoms with Crippen LogP contribution >= 0.6 is 0 Å². The van der Waals surface area contributed by atoms with Crippen LogP contribution in [0.4, 0.5) is 5.82 Å². The lowest BCUT2D eigenvalue weighted by Crippen LogP contribution is -2.62. The lowest BCUT2D eigenvalue weighted by molar-refractivity contribution is 0.160. The van der Waals surface area contributed by atoms with Gasteiger partial charge < -0.3 is 15.3 Å². The Labute approximate surface area is 182 Å². The summed E-state index contributed by atoms with van der Waals surface area (Å²) in [5.41, 5.74) is 2.07. The summed E-state index contributed by atoms with van der Waals surface area (Å²) in [5.74, 6) is 1.18. The lowest BCUT2D eigenvalue weighted by Gasteiger charge is -2.49. The predicted octanol–water partition coefficient (Wildman–Crippen LogP) is 3.45. The fraction of sp³-hybridized carbons (Fsp3) is 0.435. The average molecular weight is 420 g/mol. The van der Waals surface area contributed by atoms with Gasteiger partial charge in [0.2, 0.25) is 0 Å². The second-order valence-electron chi connectivity index (χ2n) is 9.53. The minimum absolute atomic E-state index is 0.0398. The van der Waals surface area contributed by atoms with Crippen LogP contribution in [0.25, 0.3) is 22.6 Å². The highest BCUT2D eigenvalue weighted by Crippen LogP contribution is 2.33. The number of aromatic hydroxyl groups is 1. The highest BCUT2D eigenvalue weighted by Gasteiger charge is 2.39. The van der Waals surface area contributed by atoms with Gasteiger partial charge in [0.25, 0.3) is 0 Å². The molecular formula is C23H29N7O. The van der Waals surface area contributed by atoms with E-state index in [1.54, 1.807) is 36.9 Å². The molecule has 31 heavy (non-hydrogen) atoms. The van der Waals surface area contributed by atoms with Crippen LogP contribution in [0.3, 0.4) is 0 Å². The summed E-state index contributed by atoms with van der Waals surface area (Å²) >= 11 is 0. The van der Waals surface area contributed by atoms with Crippen LogP contribution < -0.4 is 10.2 Å². The molecular weight excluding hydrogens is 390 g/mol. The number of phenols is 1. The normalized spacial score (nSPS) is 18.0. The molecule has 0 unspecified atom stereocenters. The number of benzene rings is 1. The maximum Gasteiger partial charge on any atom is 0.185 e. The zero-order valence-electron chi connectivity index (χ0n) is 18.7. The van der Waals surface area contributed by atoms with E-state index in [2.05, 4.69) is 63.1 Å². The van der Waals surface area contributed by atoms with Gasteiger partial charge in [0.15, 0.2) is 11.6 Å². The second kappa shape index (κ2) is 7.85. The molecule has 1 aliphatic heterocycles. The molecule has 0 bridgehead atoms. The van der Waals surface area contributed by atoms with Gasteiger partial charge in [-0.2, -0.15) is 0 Å². The van der Waals surface area contributed by atoms with Crippen LogP contribution in [0, 0.1) is 0 Å². The van der Waals surface area contributed by atoms with Crippen LogP contribution in [-0.4, -0.2) is 54.4 Å². The molecule has 0 radical (unpaired) electrons. The van der Waals surface area contributed by atoms with Crippen molar-refractivity contribution in [3.63, 3.8) is 0 Å². The molecule has 0 spiro atoms. The molecule has 1 aliphatic rings. The smallest absolute Gasteiger partial charge is 0.185 e. The van der Waals surface area contributed by atoms with Crippen LogP contribution in [-0.2, 0) is 0 Å². The molecule has 0 amide bonds. The van der Waals surface area contributed by atoms with Crippen molar-refractivity contribution < 1.29 is 5.11 Å². The van der Waals surface area contributed by atoms with Gasteiger partial charge in [0.1, 0.15) is 5.75 Å². The molecule has 1 fully saturated rings. The average Bonchev–Trinajstić information content (AvgIpc) is 2.72. The third-order valence-electron chi connectivity index (χ3n) is 5.72. The quantitative estimate of drug-likeness (QED) is 0.663. The third-order valence-corrected chi connectivity index (χ3v) is 5.72. The first-order valence-corrected chi connectivity index (χ1v) is 10.5. The Hall–Kier alpha value is -3.13. The first-order valence-electron chi connectivity index (χ1n) is 10.5. The van der Waals surface area contributed by atoms with E-state index in [-0.39, 0.29) is 16.8 Å². The molecule has 1 saturated heterocycles. The van der Waals surface area contributed by atoms with Crippen LogP contribution in [0.1, 0.15) is 40.5 Å². The predicted molar refractivity (Wildman–Crippen MR) is 121 cm³/mol. The summed E-state index contributed by atoms with van der Waals surface area (Å²) in [5, 5.41) is 22.9. The summed E-state index contributed by atoms with van der Waals surface area (Å²) in [6.45, 7) is 8.93. The zero-order valence-corrected chi connectivity index (χ0v) is 18.7. The number of anilines is 1. The largest absolute Gasteiger partial charge is 0.507 e. The molecule has 0 atom stereocenters. The molecule has 3 aromatic rings. The number of rotatable bonds is 4. The summed E-state index contributed by atoms with van der Waals surface area (Å²) < 4.78 is 0. The van der Waals surface area contributed by atoms with Crippen molar-refractivity contribution in [1.82, 2.24) is 30.5 Å². The summed E-state index contributed by atoms with van der Waals surface area (Å²) in [6.07, 6.45) is 8.61. The van der Waals surface area contributed by atoms with Crippen molar-refractivity contribution >= 4 is 5.82 Å². The van der Waals surface area contributed by atoms with Gasteiger partial charge >= 0.3 is 0 Å². The highest BCUT2D eigenvalue weighted by atomic mass is 16.3. The summed E-state index contributed by atoms with van der Waals surface area (Å²) in [7, 11) is 2.04. The molecule has 4 rings (SSSR count). The van der Waals surface area contributed by atoms with E-state index in [9.17, 15) is 5.11 Å². The minimum Gasteiger partial charge on any atom is -0.507 e. The minimum atomic E-state index is 0.0398. The molecule has 8 heteroatoms. The van der Waals surface area contributed by atoms with Crippen molar-refractivity contribution in [3.8, 4) is 28.4 Å². The number of aromatic nitrogens is 5. The number of phenolic OH excluding ortho intramolecular Hbond substituents is 1. The fourth-order valence-corrected chi connectivity index (χ4v) is 4.61. The van der Waals surface area contributed by atoms with Gasteiger partial charge in [-0.1, -0.05) is 6.07 Å². The monoisotopic (exact) mass is 419 g/mol. The zero-order chi connectivity index (χ0) is 22.2. The van der Waals surface area contributed by atoms with Crippen molar-refractivity contribution in [2.45, 2.75) is 57.7 Å². The number of hydrogen-bond donors (Lipinski definition) is 2. The Morgan fingerprint density at radius 3 is 2.32 bits per heavy atom. The van der Waals surface area contributed by atoms with E-state index in [0.29, 0.717) is 23.1 Å². The van der Waals surface area contributed by atoms with Crippen LogP contribution in [0.5, 0.6) is 5.75 Å². The van der Waals surface area contributed by atoms with Gasteiger partial charge in [-0.3, -0.25) is 9.97 Å². The summed E-state index contributed by atoms with van der Waals surface area (Å²) in [6, 6.07) is 5.61. The molecule has 162 valence electrons. The Morgan fingerprint density at radius 2 is 1.74 bits per heavy atom. The van der Waals surface area contributed by atoms with Crippen molar-refractivity contribution in [1.29, 1.82) is 0 Å². The number of piperidine rings is 1. The molecule has 3 heterocycles.